The second-order valence-corrected chi connectivity index (χ2v) is 2.88. The maximum atomic E-state index is 11.3. The first-order chi connectivity index (χ1) is 6.25. The second-order valence-electron chi connectivity index (χ2n) is 2.88. The summed E-state index contributed by atoms with van der Waals surface area (Å²) >= 11 is 0. The van der Waals surface area contributed by atoms with E-state index in [0.717, 1.165) is 0 Å². The number of ether oxygens (including phenoxy) is 1. The van der Waals surface area contributed by atoms with Crippen molar-refractivity contribution in [2.75, 3.05) is 26.3 Å². The lowest BCUT2D eigenvalue weighted by atomic mass is 10.3. The van der Waals surface area contributed by atoms with E-state index in [0.29, 0.717) is 26.1 Å². The molecule has 0 aromatic rings. The van der Waals surface area contributed by atoms with E-state index >= 15 is 0 Å². The van der Waals surface area contributed by atoms with E-state index in [2.05, 4.69) is 0 Å². The molecular weight excluding hydrogens is 172 g/mol. The number of nitrogens with two attached hydrogens (primary N) is 1. The zero-order valence-electron chi connectivity index (χ0n) is 7.49. The van der Waals surface area contributed by atoms with Gasteiger partial charge in [-0.05, 0) is 13.0 Å². The molecule has 1 aliphatic heterocycles. The lowest BCUT2D eigenvalue weighted by Gasteiger charge is -2.16. The average Bonchev–Trinajstić information content (AvgIpc) is 2.26. The first-order valence-electron chi connectivity index (χ1n) is 4.36. The van der Waals surface area contributed by atoms with Crippen LogP contribution in [0.1, 0.15) is 12.8 Å². The molecule has 1 saturated heterocycles. The summed E-state index contributed by atoms with van der Waals surface area (Å²) in [4.78, 5) is 23.8. The van der Waals surface area contributed by atoms with Crippen molar-refractivity contribution in [3.8, 4) is 0 Å². The predicted octanol–water partition coefficient (Wildman–Crippen LogP) is -0.889. The fourth-order valence-electron chi connectivity index (χ4n) is 1.17. The number of imide groups is 1. The Labute approximate surface area is 76.8 Å². The highest BCUT2D eigenvalue weighted by Crippen LogP contribution is 2.03. The molecule has 0 bridgehead atoms. The van der Waals surface area contributed by atoms with Gasteiger partial charge in [0, 0.05) is 6.54 Å². The third kappa shape index (κ3) is 2.78. The number of hydrogen-bond donors (Lipinski definition) is 1. The maximum Gasteiger partial charge on any atom is 0.255 e. The number of carbonyl (C=O) groups excluding carboxylic acids is 2. The number of carbonyl (C=O) groups is 2. The number of rotatable bonds is 3. The third-order valence-corrected chi connectivity index (χ3v) is 1.87. The van der Waals surface area contributed by atoms with Crippen LogP contribution in [0.3, 0.4) is 0 Å². The van der Waals surface area contributed by atoms with Crippen LogP contribution in [0.4, 0.5) is 0 Å². The molecule has 5 heteroatoms. The Balaban J connectivity index is 2.53. The summed E-state index contributed by atoms with van der Waals surface area (Å²) in [5, 5.41) is 0. The number of nitrogens with zero attached hydrogens (tertiary/aromatic N) is 1. The van der Waals surface area contributed by atoms with Crippen LogP contribution in [0.15, 0.2) is 0 Å². The molecule has 2 amide bonds. The van der Waals surface area contributed by atoms with Gasteiger partial charge in [-0.2, -0.15) is 0 Å². The molecule has 0 saturated carbocycles. The monoisotopic (exact) mass is 186 g/mol. The Morgan fingerprint density at radius 2 is 2.15 bits per heavy atom. The lowest BCUT2D eigenvalue weighted by molar-refractivity contribution is -0.144. The molecule has 0 spiro atoms. The van der Waals surface area contributed by atoms with Crippen LogP contribution in [0.25, 0.3) is 0 Å². The molecule has 0 radical (unpaired) electrons. The first kappa shape index (κ1) is 10.1. The van der Waals surface area contributed by atoms with Crippen LogP contribution >= 0.6 is 0 Å². The highest BCUT2D eigenvalue weighted by molar-refractivity contribution is 5.96. The molecule has 0 unspecified atom stereocenters. The molecule has 2 N–H and O–H groups in total. The zero-order chi connectivity index (χ0) is 9.68. The van der Waals surface area contributed by atoms with Crippen molar-refractivity contribution < 1.29 is 14.3 Å². The van der Waals surface area contributed by atoms with Crippen molar-refractivity contribution >= 4 is 11.8 Å². The van der Waals surface area contributed by atoms with Gasteiger partial charge >= 0.3 is 0 Å². The summed E-state index contributed by atoms with van der Waals surface area (Å²) < 4.78 is 4.94. The summed E-state index contributed by atoms with van der Waals surface area (Å²) in [6, 6.07) is 0. The first-order valence-corrected chi connectivity index (χ1v) is 4.36. The van der Waals surface area contributed by atoms with Crippen molar-refractivity contribution in [3.05, 3.63) is 0 Å². The van der Waals surface area contributed by atoms with Gasteiger partial charge in [-0.3, -0.25) is 14.5 Å². The largest absolute Gasteiger partial charge is 0.371 e. The minimum absolute atomic E-state index is 0.0102. The van der Waals surface area contributed by atoms with E-state index in [4.69, 9.17) is 10.5 Å². The minimum Gasteiger partial charge on any atom is -0.371 e. The van der Waals surface area contributed by atoms with Crippen molar-refractivity contribution in [1.29, 1.82) is 0 Å². The molecular formula is C8H14N2O3. The zero-order valence-corrected chi connectivity index (χ0v) is 7.49. The third-order valence-electron chi connectivity index (χ3n) is 1.87. The minimum atomic E-state index is -0.254. The second kappa shape index (κ2) is 4.94. The van der Waals surface area contributed by atoms with Gasteiger partial charge in [0.1, 0.15) is 6.61 Å². The molecule has 0 aromatic carbocycles. The fraction of sp³-hybridized carbons (Fsp3) is 0.750. The van der Waals surface area contributed by atoms with E-state index in [1.165, 1.54) is 4.90 Å². The Bertz CT molecular complexity index is 188. The molecule has 74 valence electrons. The summed E-state index contributed by atoms with van der Waals surface area (Å²) in [5.41, 5.74) is 5.30. The summed E-state index contributed by atoms with van der Waals surface area (Å²) in [6.07, 6.45) is 0.938. The van der Waals surface area contributed by atoms with Gasteiger partial charge in [-0.15, -0.1) is 0 Å². The van der Waals surface area contributed by atoms with Crippen LogP contribution in [0.2, 0.25) is 0 Å². The Hall–Kier alpha value is -0.940. The molecule has 0 atom stereocenters. The van der Waals surface area contributed by atoms with Gasteiger partial charge in [0.05, 0.1) is 13.0 Å². The van der Waals surface area contributed by atoms with E-state index < -0.39 is 0 Å². The molecule has 13 heavy (non-hydrogen) atoms. The molecule has 0 aromatic heterocycles. The molecule has 1 aliphatic rings. The van der Waals surface area contributed by atoms with Gasteiger partial charge < -0.3 is 10.5 Å². The van der Waals surface area contributed by atoms with E-state index in [-0.39, 0.29) is 24.8 Å². The Kier molecular flexibility index (Phi) is 3.85. The van der Waals surface area contributed by atoms with E-state index in [1.807, 2.05) is 0 Å². The molecule has 1 rings (SSSR count). The Morgan fingerprint density at radius 1 is 1.38 bits per heavy atom. The highest BCUT2D eigenvalue weighted by atomic mass is 16.5. The lowest BCUT2D eigenvalue weighted by Crippen LogP contribution is -2.38. The van der Waals surface area contributed by atoms with Crippen LogP contribution in [-0.2, 0) is 14.3 Å². The Morgan fingerprint density at radius 3 is 2.85 bits per heavy atom. The van der Waals surface area contributed by atoms with Gasteiger partial charge in [0.25, 0.3) is 5.91 Å². The number of hydrogen-bond acceptors (Lipinski definition) is 4. The van der Waals surface area contributed by atoms with E-state index in [1.54, 1.807) is 0 Å². The van der Waals surface area contributed by atoms with Crippen LogP contribution in [0, 0.1) is 0 Å². The highest BCUT2D eigenvalue weighted by Gasteiger charge is 2.23. The molecule has 1 fully saturated rings. The molecule has 1 heterocycles. The van der Waals surface area contributed by atoms with E-state index in [9.17, 15) is 9.59 Å². The maximum absolute atomic E-state index is 11.3. The predicted molar refractivity (Wildman–Crippen MR) is 45.8 cm³/mol. The normalized spacial score (nSPS) is 19.0. The van der Waals surface area contributed by atoms with Crippen molar-refractivity contribution in [2.45, 2.75) is 12.8 Å². The smallest absolute Gasteiger partial charge is 0.255 e. The van der Waals surface area contributed by atoms with Crippen LogP contribution < -0.4 is 5.73 Å². The van der Waals surface area contributed by atoms with Crippen molar-refractivity contribution in [3.63, 3.8) is 0 Å². The number of amides is 2. The van der Waals surface area contributed by atoms with Crippen molar-refractivity contribution in [1.82, 2.24) is 4.90 Å². The van der Waals surface area contributed by atoms with Gasteiger partial charge in [0.15, 0.2) is 0 Å². The standard InChI is InChI=1S/C8H14N2O3/c9-3-1-4-10-7(11)2-5-13-6-8(10)12/h1-6,9H2. The topological polar surface area (TPSA) is 72.6 Å². The van der Waals surface area contributed by atoms with Gasteiger partial charge in [-0.25, -0.2) is 0 Å². The van der Waals surface area contributed by atoms with Gasteiger partial charge in [0.2, 0.25) is 5.91 Å². The fourth-order valence-corrected chi connectivity index (χ4v) is 1.17. The molecule has 0 aliphatic carbocycles. The summed E-state index contributed by atoms with van der Waals surface area (Å²) in [7, 11) is 0. The summed E-state index contributed by atoms with van der Waals surface area (Å²) in [5.74, 6) is -0.410. The van der Waals surface area contributed by atoms with Crippen molar-refractivity contribution in [2.24, 2.45) is 5.73 Å². The molecule has 5 nitrogen and oxygen atoms in total. The quantitative estimate of drug-likeness (QED) is 0.580. The summed E-state index contributed by atoms with van der Waals surface area (Å²) in [6.45, 7) is 1.25. The van der Waals surface area contributed by atoms with Crippen LogP contribution in [-0.4, -0.2) is 43.0 Å². The SMILES string of the molecule is NCCCN1C(=O)CCOCC1=O. The average molecular weight is 186 g/mol. The van der Waals surface area contributed by atoms with Gasteiger partial charge in [-0.1, -0.05) is 0 Å². The van der Waals surface area contributed by atoms with Crippen LogP contribution in [0.5, 0.6) is 0 Å².